The minimum Gasteiger partial charge on any atom is -0.356 e. The third-order valence-corrected chi connectivity index (χ3v) is 2.62. The van der Waals surface area contributed by atoms with Crippen molar-refractivity contribution < 1.29 is 0 Å². The van der Waals surface area contributed by atoms with Crippen LogP contribution in [0.4, 0.5) is 5.13 Å². The molecule has 0 unspecified atom stereocenters. The zero-order chi connectivity index (χ0) is 9.97. The van der Waals surface area contributed by atoms with E-state index in [-0.39, 0.29) is 5.69 Å². The van der Waals surface area contributed by atoms with Crippen molar-refractivity contribution in [2.45, 2.75) is 13.5 Å². The Kier molecular flexibility index (Phi) is 2.36. The maximum absolute atomic E-state index is 10.8. The molecule has 6 heteroatoms. The average Bonchev–Trinajstić information content (AvgIpc) is 2.72. The largest absolute Gasteiger partial charge is 0.356 e. The lowest BCUT2D eigenvalue weighted by Gasteiger charge is -1.97. The highest BCUT2D eigenvalue weighted by molar-refractivity contribution is 7.13. The zero-order valence-corrected chi connectivity index (χ0v) is 8.44. The number of rotatable bonds is 3. The van der Waals surface area contributed by atoms with Crippen LogP contribution in [-0.4, -0.2) is 15.0 Å². The summed E-state index contributed by atoms with van der Waals surface area (Å²) in [5.41, 5.74) is 1.64. The molecule has 0 spiro atoms. The Labute approximate surface area is 84.2 Å². The molecule has 14 heavy (non-hydrogen) atoms. The topological polar surface area (TPSA) is 73.6 Å². The maximum Gasteiger partial charge on any atom is 0.323 e. The molecule has 0 aliphatic heterocycles. The molecule has 0 radical (unpaired) electrons. The minimum atomic E-state index is -0.183. The van der Waals surface area contributed by atoms with Crippen LogP contribution in [0.15, 0.2) is 16.4 Å². The number of nitrogens with one attached hydrogen (secondary N) is 3. The van der Waals surface area contributed by atoms with E-state index in [2.05, 4.69) is 20.3 Å². The fraction of sp³-hybridized carbons (Fsp3) is 0.250. The molecule has 2 rings (SSSR count). The van der Waals surface area contributed by atoms with Gasteiger partial charge in [0.2, 0.25) is 0 Å². The minimum absolute atomic E-state index is 0.183. The highest BCUT2D eigenvalue weighted by Crippen LogP contribution is 2.14. The number of aromatic amines is 2. The summed E-state index contributed by atoms with van der Waals surface area (Å²) in [5.74, 6) is 0. The summed E-state index contributed by atoms with van der Waals surface area (Å²) < 4.78 is 0. The number of nitrogens with zero attached hydrogens (tertiary/aromatic N) is 1. The number of anilines is 1. The first kappa shape index (κ1) is 9.01. The van der Waals surface area contributed by atoms with Gasteiger partial charge in [-0.3, -0.25) is 0 Å². The van der Waals surface area contributed by atoms with E-state index in [0.29, 0.717) is 6.54 Å². The Morgan fingerprint density at radius 3 is 3.07 bits per heavy atom. The van der Waals surface area contributed by atoms with Crippen LogP contribution in [-0.2, 0) is 6.54 Å². The molecule has 0 bridgehead atoms. The molecule has 0 atom stereocenters. The van der Waals surface area contributed by atoms with Crippen molar-refractivity contribution in [1.82, 2.24) is 15.0 Å². The lowest BCUT2D eigenvalue weighted by molar-refractivity contribution is 1.05. The third kappa shape index (κ3) is 2.02. The normalized spacial score (nSPS) is 10.4. The molecule has 0 aliphatic rings. The first-order chi connectivity index (χ1) is 6.74. The van der Waals surface area contributed by atoms with Crippen LogP contribution in [0.5, 0.6) is 0 Å². The van der Waals surface area contributed by atoms with Crippen LogP contribution >= 0.6 is 11.3 Å². The number of hydrogen-bond donors (Lipinski definition) is 3. The quantitative estimate of drug-likeness (QED) is 0.709. The molecule has 74 valence electrons. The van der Waals surface area contributed by atoms with Crippen molar-refractivity contribution in [3.63, 3.8) is 0 Å². The van der Waals surface area contributed by atoms with Crippen LogP contribution in [0.3, 0.4) is 0 Å². The maximum atomic E-state index is 10.8. The van der Waals surface area contributed by atoms with E-state index < -0.39 is 0 Å². The van der Waals surface area contributed by atoms with E-state index in [9.17, 15) is 4.79 Å². The fourth-order valence-electron chi connectivity index (χ4n) is 1.07. The molecular formula is C8H10N4OS. The number of thiazole rings is 1. The number of H-pyrrole nitrogens is 2. The summed E-state index contributed by atoms with van der Waals surface area (Å²) in [6.07, 6.45) is 1.65. The van der Waals surface area contributed by atoms with Gasteiger partial charge in [-0.15, -0.1) is 11.3 Å². The summed E-state index contributed by atoms with van der Waals surface area (Å²) in [4.78, 5) is 20.2. The Morgan fingerprint density at radius 2 is 2.50 bits per heavy atom. The molecule has 3 N–H and O–H groups in total. The molecule has 0 saturated carbocycles. The van der Waals surface area contributed by atoms with Gasteiger partial charge in [0.05, 0.1) is 17.9 Å². The lowest BCUT2D eigenvalue weighted by atomic mass is 10.5. The molecule has 0 aliphatic carbocycles. The van der Waals surface area contributed by atoms with Crippen molar-refractivity contribution in [1.29, 1.82) is 0 Å². The van der Waals surface area contributed by atoms with Gasteiger partial charge >= 0.3 is 5.69 Å². The molecule has 0 amide bonds. The SMILES string of the molecule is Cc1csc(NCc2c[nH]c(=O)[nH]2)n1. The molecule has 0 saturated heterocycles. The van der Waals surface area contributed by atoms with Crippen LogP contribution in [0, 0.1) is 6.92 Å². The van der Waals surface area contributed by atoms with Gasteiger partial charge in [-0.2, -0.15) is 0 Å². The van der Waals surface area contributed by atoms with Gasteiger partial charge in [0.25, 0.3) is 0 Å². The first-order valence-corrected chi connectivity index (χ1v) is 5.04. The van der Waals surface area contributed by atoms with Crippen LogP contribution < -0.4 is 11.0 Å². The first-order valence-electron chi connectivity index (χ1n) is 4.16. The second-order valence-corrected chi connectivity index (χ2v) is 3.77. The smallest absolute Gasteiger partial charge is 0.323 e. The molecule has 2 heterocycles. The van der Waals surface area contributed by atoms with Crippen LogP contribution in [0.25, 0.3) is 0 Å². The van der Waals surface area contributed by atoms with Crippen molar-refractivity contribution in [3.8, 4) is 0 Å². The molecule has 5 nitrogen and oxygen atoms in total. The van der Waals surface area contributed by atoms with E-state index in [1.54, 1.807) is 17.5 Å². The standard InChI is InChI=1S/C8H10N4OS/c1-5-4-14-8(11-5)10-3-6-2-9-7(13)12-6/h2,4H,3H2,1H3,(H,10,11)(H2,9,12,13). The number of aryl methyl sites for hydroxylation is 1. The third-order valence-electron chi connectivity index (χ3n) is 1.70. The Hall–Kier alpha value is -1.56. The van der Waals surface area contributed by atoms with E-state index >= 15 is 0 Å². The van der Waals surface area contributed by atoms with E-state index in [4.69, 9.17) is 0 Å². The summed E-state index contributed by atoms with van der Waals surface area (Å²) in [5, 5.41) is 5.95. The van der Waals surface area contributed by atoms with Crippen molar-refractivity contribution in [2.75, 3.05) is 5.32 Å². The number of hydrogen-bond acceptors (Lipinski definition) is 4. The van der Waals surface area contributed by atoms with Gasteiger partial charge in [0, 0.05) is 11.6 Å². The monoisotopic (exact) mass is 210 g/mol. The molecule has 0 aromatic carbocycles. The van der Waals surface area contributed by atoms with E-state index in [1.807, 2.05) is 12.3 Å². The summed E-state index contributed by atoms with van der Waals surface area (Å²) in [6, 6.07) is 0. The lowest BCUT2D eigenvalue weighted by Crippen LogP contribution is -2.04. The Morgan fingerprint density at radius 1 is 1.64 bits per heavy atom. The second-order valence-electron chi connectivity index (χ2n) is 2.92. The van der Waals surface area contributed by atoms with Gasteiger partial charge in [0.1, 0.15) is 0 Å². The van der Waals surface area contributed by atoms with Crippen molar-refractivity contribution in [2.24, 2.45) is 0 Å². The van der Waals surface area contributed by atoms with Gasteiger partial charge < -0.3 is 15.3 Å². The molecule has 0 fully saturated rings. The van der Waals surface area contributed by atoms with Gasteiger partial charge in [0.15, 0.2) is 5.13 Å². The fourth-order valence-corrected chi connectivity index (χ4v) is 1.76. The second kappa shape index (κ2) is 3.67. The summed E-state index contributed by atoms with van der Waals surface area (Å²) in [6.45, 7) is 2.52. The zero-order valence-electron chi connectivity index (χ0n) is 7.63. The summed E-state index contributed by atoms with van der Waals surface area (Å²) >= 11 is 1.55. The number of imidazole rings is 1. The Bertz CT molecular complexity index is 469. The van der Waals surface area contributed by atoms with Crippen molar-refractivity contribution in [3.05, 3.63) is 33.4 Å². The Balaban J connectivity index is 1.98. The summed E-state index contributed by atoms with van der Waals surface area (Å²) in [7, 11) is 0. The number of aromatic nitrogens is 3. The predicted molar refractivity (Wildman–Crippen MR) is 55.6 cm³/mol. The van der Waals surface area contributed by atoms with Gasteiger partial charge in [-0.05, 0) is 6.92 Å². The van der Waals surface area contributed by atoms with Crippen LogP contribution in [0.1, 0.15) is 11.4 Å². The predicted octanol–water partition coefficient (Wildman–Crippen LogP) is 1.08. The average molecular weight is 210 g/mol. The molecular weight excluding hydrogens is 200 g/mol. The van der Waals surface area contributed by atoms with Gasteiger partial charge in [-0.1, -0.05) is 0 Å². The van der Waals surface area contributed by atoms with Gasteiger partial charge in [-0.25, -0.2) is 9.78 Å². The molecule has 2 aromatic heterocycles. The van der Waals surface area contributed by atoms with E-state index in [0.717, 1.165) is 16.5 Å². The highest BCUT2D eigenvalue weighted by Gasteiger charge is 1.99. The molecule has 2 aromatic rings. The van der Waals surface area contributed by atoms with E-state index in [1.165, 1.54) is 0 Å². The highest BCUT2D eigenvalue weighted by atomic mass is 32.1. The van der Waals surface area contributed by atoms with Crippen molar-refractivity contribution >= 4 is 16.5 Å². The van der Waals surface area contributed by atoms with Crippen LogP contribution in [0.2, 0.25) is 0 Å².